The van der Waals surface area contributed by atoms with Crippen molar-refractivity contribution in [3.05, 3.63) is 29.6 Å². The van der Waals surface area contributed by atoms with Crippen LogP contribution in [-0.4, -0.2) is 26.9 Å². The van der Waals surface area contributed by atoms with E-state index >= 15 is 0 Å². The fourth-order valence-corrected chi connectivity index (χ4v) is 1.26. The van der Waals surface area contributed by atoms with Gasteiger partial charge in [-0.15, -0.1) is 0 Å². The van der Waals surface area contributed by atoms with Crippen molar-refractivity contribution in [2.24, 2.45) is 5.73 Å². The number of rotatable bonds is 5. The maximum Gasteiger partial charge on any atom is 0.135 e. The van der Waals surface area contributed by atoms with E-state index in [1.807, 2.05) is 0 Å². The van der Waals surface area contributed by atoms with Crippen LogP contribution in [0.3, 0.4) is 0 Å². The minimum absolute atomic E-state index is 0.236. The van der Waals surface area contributed by atoms with E-state index in [4.69, 9.17) is 15.2 Å². The van der Waals surface area contributed by atoms with E-state index in [1.54, 1.807) is 13.2 Å². The molecule has 0 saturated carbocycles. The molecule has 0 amide bonds. The molecule has 17 heavy (non-hydrogen) atoms. The van der Waals surface area contributed by atoms with Crippen LogP contribution in [0.25, 0.3) is 0 Å². The van der Waals surface area contributed by atoms with Gasteiger partial charge in [-0.2, -0.15) is 0 Å². The Balaban J connectivity index is 2.69. The van der Waals surface area contributed by atoms with Gasteiger partial charge in [0.25, 0.3) is 0 Å². The molecule has 1 rings (SSSR count). The lowest BCUT2D eigenvalue weighted by Gasteiger charge is -2.07. The molecule has 1 aromatic carbocycles. The van der Waals surface area contributed by atoms with Gasteiger partial charge in [0.2, 0.25) is 0 Å². The summed E-state index contributed by atoms with van der Waals surface area (Å²) in [5, 5.41) is 0. The van der Waals surface area contributed by atoms with Crippen molar-refractivity contribution in [1.82, 2.24) is 0 Å². The van der Waals surface area contributed by atoms with E-state index in [9.17, 15) is 4.39 Å². The van der Waals surface area contributed by atoms with Crippen LogP contribution < -0.4 is 10.5 Å². The molecular formula is C13H16FNO2. The molecule has 0 aliphatic rings. The molecule has 1 aromatic rings. The molecule has 0 aliphatic carbocycles. The minimum Gasteiger partial charge on any atom is -0.492 e. The van der Waals surface area contributed by atoms with Gasteiger partial charge in [-0.1, -0.05) is 11.8 Å². The van der Waals surface area contributed by atoms with Crippen molar-refractivity contribution in [2.45, 2.75) is 6.42 Å². The zero-order valence-electron chi connectivity index (χ0n) is 9.83. The molecule has 0 aromatic heterocycles. The molecule has 0 atom stereocenters. The van der Waals surface area contributed by atoms with Crippen LogP contribution in [0.1, 0.15) is 12.0 Å². The van der Waals surface area contributed by atoms with Crippen LogP contribution in [0, 0.1) is 17.7 Å². The SMILES string of the molecule is COCCCOc1ccc(F)cc1C#CCN. The fourth-order valence-electron chi connectivity index (χ4n) is 1.26. The van der Waals surface area contributed by atoms with Crippen molar-refractivity contribution in [1.29, 1.82) is 0 Å². The average Bonchev–Trinajstić information content (AvgIpc) is 2.34. The molecule has 0 radical (unpaired) electrons. The van der Waals surface area contributed by atoms with Crippen molar-refractivity contribution < 1.29 is 13.9 Å². The summed E-state index contributed by atoms with van der Waals surface area (Å²) in [7, 11) is 1.63. The maximum atomic E-state index is 13.0. The van der Waals surface area contributed by atoms with Crippen molar-refractivity contribution in [3.8, 4) is 17.6 Å². The van der Waals surface area contributed by atoms with Gasteiger partial charge >= 0.3 is 0 Å². The Kier molecular flexibility index (Phi) is 6.08. The summed E-state index contributed by atoms with van der Waals surface area (Å²) in [6, 6.07) is 4.26. The summed E-state index contributed by atoms with van der Waals surface area (Å²) in [6.45, 7) is 1.38. The zero-order chi connectivity index (χ0) is 12.5. The molecular weight excluding hydrogens is 221 g/mol. The lowest BCUT2D eigenvalue weighted by atomic mass is 10.2. The highest BCUT2D eigenvalue weighted by atomic mass is 19.1. The van der Waals surface area contributed by atoms with Crippen molar-refractivity contribution in [2.75, 3.05) is 26.9 Å². The molecule has 4 heteroatoms. The van der Waals surface area contributed by atoms with Crippen molar-refractivity contribution >= 4 is 0 Å². The monoisotopic (exact) mass is 237 g/mol. The number of hydrogen-bond donors (Lipinski definition) is 1. The Morgan fingerprint density at radius 1 is 1.35 bits per heavy atom. The van der Waals surface area contributed by atoms with Gasteiger partial charge in [-0.05, 0) is 18.2 Å². The second kappa shape index (κ2) is 7.66. The lowest BCUT2D eigenvalue weighted by Crippen LogP contribution is -2.03. The first-order valence-corrected chi connectivity index (χ1v) is 5.38. The predicted octanol–water partition coefficient (Wildman–Crippen LogP) is 1.55. The molecule has 2 N–H and O–H groups in total. The molecule has 0 aliphatic heterocycles. The van der Waals surface area contributed by atoms with Crippen LogP contribution >= 0.6 is 0 Å². The number of halogens is 1. The largest absolute Gasteiger partial charge is 0.492 e. The Morgan fingerprint density at radius 3 is 2.88 bits per heavy atom. The summed E-state index contributed by atoms with van der Waals surface area (Å²) in [4.78, 5) is 0. The van der Waals surface area contributed by atoms with Gasteiger partial charge in [-0.3, -0.25) is 0 Å². The topological polar surface area (TPSA) is 44.5 Å². The van der Waals surface area contributed by atoms with Crippen LogP contribution in [0.15, 0.2) is 18.2 Å². The smallest absolute Gasteiger partial charge is 0.135 e. The quantitative estimate of drug-likeness (QED) is 0.624. The van der Waals surface area contributed by atoms with Crippen LogP contribution in [-0.2, 0) is 4.74 Å². The number of methoxy groups -OCH3 is 1. The normalized spacial score (nSPS) is 9.59. The summed E-state index contributed by atoms with van der Waals surface area (Å²) in [5.74, 6) is 5.70. The Bertz CT molecular complexity index is 410. The van der Waals surface area contributed by atoms with Gasteiger partial charge in [-0.25, -0.2) is 4.39 Å². The molecule has 0 heterocycles. The number of nitrogens with two attached hydrogens (primary N) is 1. The number of hydrogen-bond acceptors (Lipinski definition) is 3. The molecule has 0 fully saturated rings. The first kappa shape index (κ1) is 13.5. The van der Waals surface area contributed by atoms with Gasteiger partial charge in [0.15, 0.2) is 0 Å². The fraction of sp³-hybridized carbons (Fsp3) is 0.385. The Morgan fingerprint density at radius 2 is 2.18 bits per heavy atom. The van der Waals surface area contributed by atoms with Gasteiger partial charge < -0.3 is 15.2 Å². The first-order chi connectivity index (χ1) is 8.27. The van der Waals surface area contributed by atoms with Crippen molar-refractivity contribution in [3.63, 3.8) is 0 Å². The van der Waals surface area contributed by atoms with E-state index in [0.29, 0.717) is 24.5 Å². The summed E-state index contributed by atoms with van der Waals surface area (Å²) in [6.07, 6.45) is 0.775. The van der Waals surface area contributed by atoms with E-state index in [2.05, 4.69) is 11.8 Å². The summed E-state index contributed by atoms with van der Waals surface area (Å²) >= 11 is 0. The molecule has 0 saturated heterocycles. The third kappa shape index (κ3) is 4.85. The molecule has 0 bridgehead atoms. The van der Waals surface area contributed by atoms with E-state index in [-0.39, 0.29) is 12.4 Å². The molecule has 92 valence electrons. The average molecular weight is 237 g/mol. The highest BCUT2D eigenvalue weighted by molar-refractivity contribution is 5.46. The highest BCUT2D eigenvalue weighted by Crippen LogP contribution is 2.18. The molecule has 0 spiro atoms. The van der Waals surface area contributed by atoms with Gasteiger partial charge in [0.1, 0.15) is 11.6 Å². The van der Waals surface area contributed by atoms with Crippen LogP contribution in [0.5, 0.6) is 5.75 Å². The maximum absolute atomic E-state index is 13.0. The summed E-state index contributed by atoms with van der Waals surface area (Å²) in [5.41, 5.74) is 5.80. The zero-order valence-corrected chi connectivity index (χ0v) is 9.83. The van der Waals surface area contributed by atoms with Crippen LogP contribution in [0.4, 0.5) is 4.39 Å². The van der Waals surface area contributed by atoms with Gasteiger partial charge in [0.05, 0.1) is 18.7 Å². The lowest BCUT2D eigenvalue weighted by molar-refractivity contribution is 0.172. The second-order valence-corrected chi connectivity index (χ2v) is 3.34. The standard InChI is InChI=1S/C13H16FNO2/c1-16-8-3-9-17-13-6-5-12(14)10-11(13)4-2-7-15/h5-6,10H,3,7-9,15H2,1H3. The second-order valence-electron chi connectivity index (χ2n) is 3.34. The molecule has 3 nitrogen and oxygen atoms in total. The van der Waals surface area contributed by atoms with E-state index < -0.39 is 0 Å². The minimum atomic E-state index is -0.337. The van der Waals surface area contributed by atoms with E-state index in [1.165, 1.54) is 12.1 Å². The third-order valence-electron chi connectivity index (χ3n) is 2.02. The van der Waals surface area contributed by atoms with Gasteiger partial charge in [0, 0.05) is 20.1 Å². The Hall–Kier alpha value is -1.57. The summed E-state index contributed by atoms with van der Waals surface area (Å²) < 4.78 is 23.5. The molecule has 0 unspecified atom stereocenters. The number of ether oxygens (including phenoxy) is 2. The van der Waals surface area contributed by atoms with E-state index in [0.717, 1.165) is 6.42 Å². The van der Waals surface area contributed by atoms with Crippen LogP contribution in [0.2, 0.25) is 0 Å². The Labute approximate surface area is 101 Å². The first-order valence-electron chi connectivity index (χ1n) is 5.38. The number of benzene rings is 1. The highest BCUT2D eigenvalue weighted by Gasteiger charge is 2.03. The predicted molar refractivity (Wildman–Crippen MR) is 64.3 cm³/mol. The third-order valence-corrected chi connectivity index (χ3v) is 2.02.